The van der Waals surface area contributed by atoms with Gasteiger partial charge in [0.05, 0.1) is 12.7 Å². The summed E-state index contributed by atoms with van der Waals surface area (Å²) >= 11 is 0. The first-order valence-corrected chi connectivity index (χ1v) is 10.7. The lowest BCUT2D eigenvalue weighted by molar-refractivity contribution is -0.137. The SMILES string of the molecule is COc1cc(C)c(C=CC(C)=CC=CC(C)=CC(=O)Oc2ccc(C(F)(F)F)cc2)c(C)c1C. The molecule has 0 aliphatic carbocycles. The summed E-state index contributed by atoms with van der Waals surface area (Å²) in [6.07, 6.45) is 6.41. The van der Waals surface area contributed by atoms with Gasteiger partial charge in [0.15, 0.2) is 0 Å². The number of esters is 1. The molecule has 0 heterocycles. The number of methoxy groups -OCH3 is 1. The van der Waals surface area contributed by atoms with Crippen LogP contribution in [-0.2, 0) is 11.0 Å². The molecule has 0 radical (unpaired) electrons. The van der Waals surface area contributed by atoms with Gasteiger partial charge in [-0.05, 0) is 92.8 Å². The predicted octanol–water partition coefficient (Wildman–Crippen LogP) is 7.71. The van der Waals surface area contributed by atoms with E-state index in [2.05, 4.69) is 13.0 Å². The van der Waals surface area contributed by atoms with E-state index in [1.807, 2.05) is 45.1 Å². The predicted molar refractivity (Wildman–Crippen MR) is 130 cm³/mol. The van der Waals surface area contributed by atoms with Gasteiger partial charge in [0.2, 0.25) is 0 Å². The van der Waals surface area contributed by atoms with E-state index in [-0.39, 0.29) is 5.75 Å². The number of ether oxygens (including phenoxy) is 2. The minimum atomic E-state index is -4.43. The smallest absolute Gasteiger partial charge is 0.416 e. The van der Waals surface area contributed by atoms with Crippen molar-refractivity contribution in [2.45, 2.75) is 40.8 Å². The van der Waals surface area contributed by atoms with Crippen LogP contribution in [0.4, 0.5) is 13.2 Å². The number of hydrogen-bond donors (Lipinski definition) is 0. The van der Waals surface area contributed by atoms with Gasteiger partial charge in [-0.25, -0.2) is 4.79 Å². The summed E-state index contributed by atoms with van der Waals surface area (Å²) in [6.45, 7) is 9.86. The Morgan fingerprint density at radius 1 is 0.941 bits per heavy atom. The van der Waals surface area contributed by atoms with Crippen LogP contribution in [0, 0.1) is 20.8 Å². The van der Waals surface area contributed by atoms with Gasteiger partial charge in [0.25, 0.3) is 0 Å². The van der Waals surface area contributed by atoms with Crippen LogP contribution in [0.25, 0.3) is 6.08 Å². The first kappa shape index (κ1) is 26.7. The zero-order chi connectivity index (χ0) is 25.5. The lowest BCUT2D eigenvalue weighted by Gasteiger charge is -2.13. The summed E-state index contributed by atoms with van der Waals surface area (Å²) in [5, 5.41) is 0. The molecule has 0 N–H and O–H groups in total. The van der Waals surface area contributed by atoms with Gasteiger partial charge in [-0.2, -0.15) is 13.2 Å². The van der Waals surface area contributed by atoms with E-state index < -0.39 is 17.7 Å². The van der Waals surface area contributed by atoms with Crippen molar-refractivity contribution in [1.29, 1.82) is 0 Å². The standard InChI is InChI=1S/C28H29F3O3/c1-18(10-15-25-20(3)17-26(33-6)22(5)21(25)4)8-7-9-19(2)16-27(32)34-24-13-11-23(12-14-24)28(29,30)31/h7-17H,1-6H3. The number of rotatable bonds is 7. The van der Waals surface area contributed by atoms with Crippen molar-refractivity contribution in [2.24, 2.45) is 0 Å². The maximum absolute atomic E-state index is 12.6. The molecule has 0 fully saturated rings. The third kappa shape index (κ3) is 7.51. The fraction of sp³-hybridized carbons (Fsp3) is 0.250. The highest BCUT2D eigenvalue weighted by molar-refractivity contribution is 5.85. The average molecular weight is 471 g/mol. The van der Waals surface area contributed by atoms with E-state index in [1.165, 1.54) is 11.6 Å². The summed E-state index contributed by atoms with van der Waals surface area (Å²) in [5.41, 5.74) is 5.42. The highest BCUT2D eigenvalue weighted by Crippen LogP contribution is 2.30. The molecule has 0 saturated carbocycles. The Kier molecular flexibility index (Phi) is 9.07. The molecule has 0 spiro atoms. The Morgan fingerprint density at radius 2 is 1.59 bits per heavy atom. The number of hydrogen-bond acceptors (Lipinski definition) is 3. The molecule has 0 aliphatic heterocycles. The third-order valence-electron chi connectivity index (χ3n) is 5.31. The highest BCUT2D eigenvalue weighted by Gasteiger charge is 2.30. The fourth-order valence-electron chi connectivity index (χ4n) is 3.25. The normalized spacial score (nSPS) is 13.1. The Morgan fingerprint density at radius 3 is 2.18 bits per heavy atom. The molecule has 2 aromatic rings. The number of carbonyl (C=O) groups excluding carboxylic acids is 1. The second-order valence-electron chi connectivity index (χ2n) is 7.99. The molecule has 0 bridgehead atoms. The summed E-state index contributed by atoms with van der Waals surface area (Å²) in [7, 11) is 1.67. The van der Waals surface area contributed by atoms with Gasteiger partial charge in [-0.3, -0.25) is 0 Å². The van der Waals surface area contributed by atoms with Crippen LogP contribution in [-0.4, -0.2) is 13.1 Å². The quantitative estimate of drug-likeness (QED) is 0.180. The van der Waals surface area contributed by atoms with Crippen molar-refractivity contribution < 1.29 is 27.4 Å². The molecule has 0 saturated heterocycles. The summed E-state index contributed by atoms with van der Waals surface area (Å²) < 4.78 is 48.3. The molecule has 2 aromatic carbocycles. The van der Waals surface area contributed by atoms with E-state index in [0.29, 0.717) is 5.57 Å². The van der Waals surface area contributed by atoms with Gasteiger partial charge >= 0.3 is 12.1 Å². The number of allylic oxidation sites excluding steroid dienone is 6. The Hall–Kier alpha value is -3.54. The summed E-state index contributed by atoms with van der Waals surface area (Å²) in [4.78, 5) is 12.0. The molecule has 34 heavy (non-hydrogen) atoms. The molecule has 0 aliphatic rings. The first-order chi connectivity index (χ1) is 15.9. The van der Waals surface area contributed by atoms with E-state index in [1.54, 1.807) is 20.1 Å². The molecule has 6 heteroatoms. The Bertz CT molecular complexity index is 1150. The molecule has 2 rings (SSSR count). The maximum Gasteiger partial charge on any atom is 0.416 e. The van der Waals surface area contributed by atoms with Crippen molar-refractivity contribution in [3.63, 3.8) is 0 Å². The summed E-state index contributed by atoms with van der Waals surface area (Å²) in [6, 6.07) is 6.00. The van der Waals surface area contributed by atoms with Crippen LogP contribution in [0.1, 0.15) is 41.7 Å². The minimum Gasteiger partial charge on any atom is -0.496 e. The molecule has 180 valence electrons. The van der Waals surface area contributed by atoms with Gasteiger partial charge in [-0.1, -0.05) is 36.0 Å². The van der Waals surface area contributed by atoms with E-state index in [9.17, 15) is 18.0 Å². The van der Waals surface area contributed by atoms with E-state index in [4.69, 9.17) is 9.47 Å². The number of aryl methyl sites for hydroxylation is 1. The zero-order valence-corrected chi connectivity index (χ0v) is 20.2. The zero-order valence-electron chi connectivity index (χ0n) is 20.2. The second kappa shape index (κ2) is 11.5. The maximum atomic E-state index is 12.6. The highest BCUT2D eigenvalue weighted by atomic mass is 19.4. The Balaban J connectivity index is 2.01. The van der Waals surface area contributed by atoms with Crippen LogP contribution in [0.15, 0.2) is 71.9 Å². The van der Waals surface area contributed by atoms with Crippen molar-refractivity contribution in [3.05, 3.63) is 99.7 Å². The van der Waals surface area contributed by atoms with Crippen LogP contribution in [0.3, 0.4) is 0 Å². The number of carbonyl (C=O) groups is 1. The van der Waals surface area contributed by atoms with Crippen molar-refractivity contribution in [1.82, 2.24) is 0 Å². The minimum absolute atomic E-state index is 0.0475. The van der Waals surface area contributed by atoms with Crippen molar-refractivity contribution in [3.8, 4) is 11.5 Å². The molecule has 0 atom stereocenters. The van der Waals surface area contributed by atoms with Crippen LogP contribution in [0.2, 0.25) is 0 Å². The number of benzene rings is 2. The van der Waals surface area contributed by atoms with Gasteiger partial charge in [0.1, 0.15) is 11.5 Å². The Labute approximate surface area is 198 Å². The van der Waals surface area contributed by atoms with Gasteiger partial charge in [0, 0.05) is 6.08 Å². The van der Waals surface area contributed by atoms with E-state index in [0.717, 1.165) is 52.3 Å². The monoisotopic (exact) mass is 470 g/mol. The largest absolute Gasteiger partial charge is 0.496 e. The third-order valence-corrected chi connectivity index (χ3v) is 5.31. The molecule has 0 amide bonds. The topological polar surface area (TPSA) is 35.5 Å². The van der Waals surface area contributed by atoms with Crippen LogP contribution in [0.5, 0.6) is 11.5 Å². The van der Waals surface area contributed by atoms with Crippen molar-refractivity contribution >= 4 is 12.0 Å². The number of halogens is 3. The lowest BCUT2D eigenvalue weighted by Crippen LogP contribution is -2.07. The van der Waals surface area contributed by atoms with Gasteiger partial charge in [-0.15, -0.1) is 0 Å². The first-order valence-electron chi connectivity index (χ1n) is 10.7. The molecule has 3 nitrogen and oxygen atoms in total. The van der Waals surface area contributed by atoms with E-state index >= 15 is 0 Å². The number of alkyl halides is 3. The molecule has 0 unspecified atom stereocenters. The van der Waals surface area contributed by atoms with Crippen LogP contribution >= 0.6 is 0 Å². The van der Waals surface area contributed by atoms with Crippen LogP contribution < -0.4 is 9.47 Å². The summed E-state index contributed by atoms with van der Waals surface area (Å²) in [5.74, 6) is 0.260. The fourth-order valence-corrected chi connectivity index (χ4v) is 3.25. The lowest BCUT2D eigenvalue weighted by atomic mass is 9.96. The average Bonchev–Trinajstić information content (AvgIpc) is 2.75. The van der Waals surface area contributed by atoms with Crippen molar-refractivity contribution in [2.75, 3.05) is 7.11 Å². The molecule has 0 aromatic heterocycles. The second-order valence-corrected chi connectivity index (χ2v) is 7.99. The molecular weight excluding hydrogens is 441 g/mol. The molecular formula is C28H29F3O3. The van der Waals surface area contributed by atoms with Gasteiger partial charge < -0.3 is 9.47 Å².